The van der Waals surface area contributed by atoms with E-state index in [1.165, 1.54) is 0 Å². The van der Waals surface area contributed by atoms with Gasteiger partial charge < -0.3 is 10.1 Å². The minimum atomic E-state index is -0.0953. The maximum Gasteiger partial charge on any atom is 0.310 e. The van der Waals surface area contributed by atoms with Crippen LogP contribution in [0.3, 0.4) is 0 Å². The summed E-state index contributed by atoms with van der Waals surface area (Å²) in [6, 6.07) is 0. The number of hydrogen-bond donors (Lipinski definition) is 1. The lowest BCUT2D eigenvalue weighted by atomic mass is 10.0. The molecule has 1 heterocycles. The molecule has 1 fully saturated rings. The molecule has 3 nitrogen and oxygen atoms in total. The molecule has 1 rings (SSSR count). The standard InChI is InChI=1S/C9H15NO2.ClH/c1-2-6-12-9(11)8-4-3-5-10-7-8;/h2,8,10H,1,3-7H2;1H. The van der Waals surface area contributed by atoms with Gasteiger partial charge in [0.25, 0.3) is 0 Å². The van der Waals surface area contributed by atoms with E-state index in [0.29, 0.717) is 6.61 Å². The van der Waals surface area contributed by atoms with Crippen LogP contribution >= 0.6 is 12.4 Å². The van der Waals surface area contributed by atoms with E-state index >= 15 is 0 Å². The molecule has 1 saturated heterocycles. The van der Waals surface area contributed by atoms with Gasteiger partial charge in [0.2, 0.25) is 0 Å². The lowest BCUT2D eigenvalue weighted by Gasteiger charge is -2.20. The highest BCUT2D eigenvalue weighted by Gasteiger charge is 2.21. The number of nitrogens with one attached hydrogen (secondary N) is 1. The number of hydrogen-bond acceptors (Lipinski definition) is 3. The van der Waals surface area contributed by atoms with Gasteiger partial charge in [-0.15, -0.1) is 12.4 Å². The third-order valence-electron chi connectivity index (χ3n) is 1.97. The van der Waals surface area contributed by atoms with E-state index < -0.39 is 0 Å². The van der Waals surface area contributed by atoms with Crippen molar-refractivity contribution >= 4 is 18.4 Å². The molecular weight excluding hydrogens is 190 g/mol. The highest BCUT2D eigenvalue weighted by molar-refractivity contribution is 5.85. The Labute approximate surface area is 84.9 Å². The summed E-state index contributed by atoms with van der Waals surface area (Å²) >= 11 is 0. The highest BCUT2D eigenvalue weighted by Crippen LogP contribution is 2.11. The number of esters is 1. The van der Waals surface area contributed by atoms with Crippen molar-refractivity contribution in [1.29, 1.82) is 0 Å². The van der Waals surface area contributed by atoms with E-state index in [2.05, 4.69) is 11.9 Å². The molecule has 0 radical (unpaired) electrons. The molecule has 1 aliphatic rings. The first-order chi connectivity index (χ1) is 5.84. The molecule has 0 saturated carbocycles. The zero-order valence-corrected chi connectivity index (χ0v) is 8.44. The molecule has 0 spiro atoms. The quantitative estimate of drug-likeness (QED) is 0.555. The minimum Gasteiger partial charge on any atom is -0.461 e. The van der Waals surface area contributed by atoms with Crippen molar-refractivity contribution in [3.63, 3.8) is 0 Å². The monoisotopic (exact) mass is 205 g/mol. The van der Waals surface area contributed by atoms with Gasteiger partial charge in [-0.2, -0.15) is 0 Å². The average Bonchev–Trinajstić information content (AvgIpc) is 2.15. The molecule has 1 aliphatic heterocycles. The summed E-state index contributed by atoms with van der Waals surface area (Å²) in [5.41, 5.74) is 0. The number of rotatable bonds is 3. The lowest BCUT2D eigenvalue weighted by molar-refractivity contribution is -0.147. The summed E-state index contributed by atoms with van der Waals surface area (Å²) < 4.78 is 4.93. The fourth-order valence-corrected chi connectivity index (χ4v) is 1.31. The number of carbonyl (C=O) groups excluding carboxylic acids is 1. The van der Waals surface area contributed by atoms with Crippen molar-refractivity contribution in [1.82, 2.24) is 5.32 Å². The largest absolute Gasteiger partial charge is 0.461 e. The van der Waals surface area contributed by atoms with Crippen LogP contribution < -0.4 is 5.32 Å². The first-order valence-electron chi connectivity index (χ1n) is 4.33. The second kappa shape index (κ2) is 6.92. The average molecular weight is 206 g/mol. The second-order valence-corrected chi connectivity index (χ2v) is 2.96. The fourth-order valence-electron chi connectivity index (χ4n) is 1.31. The smallest absolute Gasteiger partial charge is 0.310 e. The maximum atomic E-state index is 11.2. The van der Waals surface area contributed by atoms with Crippen molar-refractivity contribution in [3.05, 3.63) is 12.7 Å². The Morgan fingerprint density at radius 2 is 2.46 bits per heavy atom. The molecule has 0 amide bonds. The van der Waals surface area contributed by atoms with Crippen molar-refractivity contribution in [2.75, 3.05) is 19.7 Å². The van der Waals surface area contributed by atoms with E-state index in [1.807, 2.05) is 0 Å². The summed E-state index contributed by atoms with van der Waals surface area (Å²) in [6.07, 6.45) is 3.60. The molecule has 1 atom stereocenters. The van der Waals surface area contributed by atoms with Gasteiger partial charge in [-0.25, -0.2) is 0 Å². The Morgan fingerprint density at radius 3 is 3.00 bits per heavy atom. The third-order valence-corrected chi connectivity index (χ3v) is 1.97. The van der Waals surface area contributed by atoms with Crippen molar-refractivity contribution < 1.29 is 9.53 Å². The molecule has 0 aromatic carbocycles. The second-order valence-electron chi connectivity index (χ2n) is 2.96. The molecule has 0 bridgehead atoms. The molecular formula is C9H16ClNO2. The lowest BCUT2D eigenvalue weighted by Crippen LogP contribution is -2.35. The molecule has 76 valence electrons. The van der Waals surface area contributed by atoms with E-state index in [-0.39, 0.29) is 24.3 Å². The first kappa shape index (κ1) is 12.5. The number of piperidine rings is 1. The summed E-state index contributed by atoms with van der Waals surface area (Å²) in [4.78, 5) is 11.2. The van der Waals surface area contributed by atoms with Gasteiger partial charge in [0.15, 0.2) is 0 Å². The Bertz CT molecular complexity index is 167. The third kappa shape index (κ3) is 4.29. The molecule has 1 unspecified atom stereocenters. The summed E-state index contributed by atoms with van der Waals surface area (Å²) in [5, 5.41) is 3.17. The summed E-state index contributed by atoms with van der Waals surface area (Å²) in [7, 11) is 0. The Kier molecular flexibility index (Phi) is 6.63. The first-order valence-corrected chi connectivity index (χ1v) is 4.33. The molecule has 0 aromatic heterocycles. The van der Waals surface area contributed by atoms with Crippen LogP contribution in [0.5, 0.6) is 0 Å². The van der Waals surface area contributed by atoms with Crippen LogP contribution in [0.1, 0.15) is 12.8 Å². The van der Waals surface area contributed by atoms with Gasteiger partial charge in [0.1, 0.15) is 6.61 Å². The van der Waals surface area contributed by atoms with Gasteiger partial charge in [0.05, 0.1) is 5.92 Å². The van der Waals surface area contributed by atoms with E-state index in [4.69, 9.17) is 4.74 Å². The van der Waals surface area contributed by atoms with E-state index in [9.17, 15) is 4.79 Å². The molecule has 0 aliphatic carbocycles. The van der Waals surface area contributed by atoms with Crippen LogP contribution in [-0.2, 0) is 9.53 Å². The number of halogens is 1. The normalized spacial score (nSPS) is 21.4. The van der Waals surface area contributed by atoms with Crippen molar-refractivity contribution in [2.45, 2.75) is 12.8 Å². The van der Waals surface area contributed by atoms with E-state index in [1.54, 1.807) is 6.08 Å². The topological polar surface area (TPSA) is 38.3 Å². The van der Waals surface area contributed by atoms with Crippen molar-refractivity contribution in [2.24, 2.45) is 5.92 Å². The molecule has 4 heteroatoms. The Hall–Kier alpha value is -0.540. The predicted octanol–water partition coefficient (Wildman–Crippen LogP) is 1.14. The molecule has 0 aromatic rings. The summed E-state index contributed by atoms with van der Waals surface area (Å²) in [5.74, 6) is -0.0409. The zero-order chi connectivity index (χ0) is 8.81. The maximum absolute atomic E-state index is 11.2. The number of carbonyl (C=O) groups is 1. The predicted molar refractivity (Wildman–Crippen MR) is 54.0 cm³/mol. The molecule has 13 heavy (non-hydrogen) atoms. The van der Waals surface area contributed by atoms with Crippen LogP contribution in [0, 0.1) is 5.92 Å². The molecule has 1 N–H and O–H groups in total. The van der Waals surface area contributed by atoms with E-state index in [0.717, 1.165) is 25.9 Å². The van der Waals surface area contributed by atoms with Crippen LogP contribution in [0.15, 0.2) is 12.7 Å². The minimum absolute atomic E-state index is 0. The van der Waals surface area contributed by atoms with Crippen LogP contribution in [0.25, 0.3) is 0 Å². The SMILES string of the molecule is C=CCOC(=O)C1CCCNC1.Cl. The summed E-state index contributed by atoms with van der Waals surface area (Å²) in [6.45, 7) is 5.59. The van der Waals surface area contributed by atoms with Gasteiger partial charge in [-0.3, -0.25) is 4.79 Å². The van der Waals surface area contributed by atoms with Crippen LogP contribution in [0.2, 0.25) is 0 Å². The Balaban J connectivity index is 0.00000144. The van der Waals surface area contributed by atoms with Crippen molar-refractivity contribution in [3.8, 4) is 0 Å². The van der Waals surface area contributed by atoms with Crippen LogP contribution in [-0.4, -0.2) is 25.7 Å². The van der Waals surface area contributed by atoms with Gasteiger partial charge >= 0.3 is 5.97 Å². The highest BCUT2D eigenvalue weighted by atomic mass is 35.5. The van der Waals surface area contributed by atoms with Gasteiger partial charge in [0, 0.05) is 6.54 Å². The fraction of sp³-hybridized carbons (Fsp3) is 0.667. The number of ether oxygens (including phenoxy) is 1. The zero-order valence-electron chi connectivity index (χ0n) is 7.62. The van der Waals surface area contributed by atoms with Crippen LogP contribution in [0.4, 0.5) is 0 Å². The van der Waals surface area contributed by atoms with Gasteiger partial charge in [-0.05, 0) is 19.4 Å². The Morgan fingerprint density at radius 1 is 1.69 bits per heavy atom. The van der Waals surface area contributed by atoms with Gasteiger partial charge in [-0.1, -0.05) is 12.7 Å².